The van der Waals surface area contributed by atoms with Crippen molar-refractivity contribution in [2.75, 3.05) is 13.2 Å². The second kappa shape index (κ2) is 2.29. The van der Waals surface area contributed by atoms with Crippen LogP contribution in [-0.4, -0.2) is 18.2 Å². The highest BCUT2D eigenvalue weighted by atomic mass is 79.9. The van der Waals surface area contributed by atoms with Gasteiger partial charge in [0.1, 0.15) is 5.54 Å². The van der Waals surface area contributed by atoms with Gasteiger partial charge in [0, 0.05) is 6.54 Å². The maximum atomic E-state index is 5.23. The Morgan fingerprint density at radius 1 is 1.58 bits per heavy atom. The predicted octanol–water partition coefficient (Wildman–Crippen LogP) is 1.23. The minimum absolute atomic E-state index is 0.124. The second-order valence-corrected chi connectivity index (χ2v) is 5.45. The number of fused-ring (bicyclic) bond motifs is 2. The van der Waals surface area contributed by atoms with Crippen molar-refractivity contribution in [1.29, 1.82) is 0 Å². The van der Waals surface area contributed by atoms with E-state index in [0.29, 0.717) is 0 Å². The van der Waals surface area contributed by atoms with Crippen LogP contribution in [0.2, 0.25) is 0 Å². The summed E-state index contributed by atoms with van der Waals surface area (Å²) in [4.78, 5) is 5.75. The quantitative estimate of drug-likeness (QED) is 0.748. The standard InChI is InChI=1S/C7H7BrN2OS/c8-6-10-4-1-9-7(2-11-3-7)5(4)12-6/h9H,1-3H2. The summed E-state index contributed by atoms with van der Waals surface area (Å²) in [6.45, 7) is 2.49. The number of hydrogen-bond acceptors (Lipinski definition) is 4. The first-order valence-electron chi connectivity index (χ1n) is 3.79. The molecule has 3 nitrogen and oxygen atoms in total. The molecule has 1 aromatic rings. The Balaban J connectivity index is 2.12. The van der Waals surface area contributed by atoms with Gasteiger partial charge in [0.25, 0.3) is 0 Å². The highest BCUT2D eigenvalue weighted by Crippen LogP contribution is 2.41. The zero-order chi connectivity index (χ0) is 8.18. The van der Waals surface area contributed by atoms with Crippen LogP contribution >= 0.6 is 27.3 Å². The lowest BCUT2D eigenvalue weighted by Crippen LogP contribution is -2.53. The van der Waals surface area contributed by atoms with Crippen LogP contribution in [0, 0.1) is 0 Å². The van der Waals surface area contributed by atoms with Crippen molar-refractivity contribution in [3.05, 3.63) is 14.5 Å². The normalized spacial score (nSPS) is 24.1. The van der Waals surface area contributed by atoms with E-state index < -0.39 is 0 Å². The van der Waals surface area contributed by atoms with Crippen molar-refractivity contribution in [3.8, 4) is 0 Å². The van der Waals surface area contributed by atoms with Crippen molar-refractivity contribution in [2.45, 2.75) is 12.1 Å². The molecule has 0 bridgehead atoms. The zero-order valence-corrected chi connectivity index (χ0v) is 8.67. The minimum atomic E-state index is 0.124. The number of thiazole rings is 1. The smallest absolute Gasteiger partial charge is 0.159 e. The molecule has 64 valence electrons. The Morgan fingerprint density at radius 2 is 2.42 bits per heavy atom. The van der Waals surface area contributed by atoms with Gasteiger partial charge < -0.3 is 4.74 Å². The Labute approximate surface area is 82.3 Å². The molecule has 2 aliphatic heterocycles. The number of rotatable bonds is 0. The molecule has 0 aromatic carbocycles. The minimum Gasteiger partial charge on any atom is -0.377 e. The van der Waals surface area contributed by atoms with E-state index in [2.05, 4.69) is 26.2 Å². The monoisotopic (exact) mass is 246 g/mol. The van der Waals surface area contributed by atoms with Gasteiger partial charge in [0.15, 0.2) is 3.92 Å². The number of hydrogen-bond donors (Lipinski definition) is 1. The number of aromatic nitrogens is 1. The van der Waals surface area contributed by atoms with Crippen molar-refractivity contribution in [2.24, 2.45) is 0 Å². The molecule has 1 N–H and O–H groups in total. The zero-order valence-electron chi connectivity index (χ0n) is 6.26. The molecular formula is C7H7BrN2OS. The second-order valence-electron chi connectivity index (χ2n) is 3.17. The van der Waals surface area contributed by atoms with E-state index in [0.717, 1.165) is 23.7 Å². The molecular weight excluding hydrogens is 240 g/mol. The number of nitrogens with zero attached hydrogens (tertiary/aromatic N) is 1. The SMILES string of the molecule is Brc1nc2c(s1)C1(COC1)NC2. The fraction of sp³-hybridized carbons (Fsp3) is 0.571. The van der Waals surface area contributed by atoms with Gasteiger partial charge in [-0.1, -0.05) is 0 Å². The van der Waals surface area contributed by atoms with Gasteiger partial charge in [-0.05, 0) is 15.9 Å². The number of nitrogens with one attached hydrogen (secondary N) is 1. The Hall–Kier alpha value is 0.0300. The van der Waals surface area contributed by atoms with Crippen molar-refractivity contribution in [1.82, 2.24) is 10.3 Å². The highest BCUT2D eigenvalue weighted by Gasteiger charge is 2.47. The molecule has 1 saturated heterocycles. The molecule has 0 unspecified atom stereocenters. The summed E-state index contributed by atoms with van der Waals surface area (Å²) in [5, 5.41) is 3.44. The van der Waals surface area contributed by atoms with Gasteiger partial charge in [0.05, 0.1) is 23.8 Å². The van der Waals surface area contributed by atoms with Gasteiger partial charge in [-0.15, -0.1) is 11.3 Å². The van der Waals surface area contributed by atoms with Gasteiger partial charge in [-0.25, -0.2) is 4.98 Å². The van der Waals surface area contributed by atoms with Gasteiger partial charge in [-0.3, -0.25) is 5.32 Å². The van der Waals surface area contributed by atoms with E-state index in [-0.39, 0.29) is 5.54 Å². The summed E-state index contributed by atoms with van der Waals surface area (Å²) in [6, 6.07) is 0. The molecule has 0 saturated carbocycles. The molecule has 3 heterocycles. The number of halogens is 1. The molecule has 3 rings (SSSR count). The summed E-state index contributed by atoms with van der Waals surface area (Å²) in [6.07, 6.45) is 0. The molecule has 1 aromatic heterocycles. The van der Waals surface area contributed by atoms with Crippen LogP contribution in [0.1, 0.15) is 10.6 Å². The van der Waals surface area contributed by atoms with Gasteiger partial charge >= 0.3 is 0 Å². The van der Waals surface area contributed by atoms with E-state index in [1.807, 2.05) is 0 Å². The fourth-order valence-electron chi connectivity index (χ4n) is 1.69. The lowest BCUT2D eigenvalue weighted by molar-refractivity contribution is -0.0715. The Kier molecular flexibility index (Phi) is 1.42. The van der Waals surface area contributed by atoms with Gasteiger partial charge in [-0.2, -0.15) is 0 Å². The molecule has 2 aliphatic rings. The van der Waals surface area contributed by atoms with E-state index in [1.165, 1.54) is 10.6 Å². The van der Waals surface area contributed by atoms with Crippen molar-refractivity contribution >= 4 is 27.3 Å². The van der Waals surface area contributed by atoms with Gasteiger partial charge in [0.2, 0.25) is 0 Å². The van der Waals surface area contributed by atoms with E-state index >= 15 is 0 Å². The van der Waals surface area contributed by atoms with E-state index in [9.17, 15) is 0 Å². The predicted molar refractivity (Wildman–Crippen MR) is 49.2 cm³/mol. The van der Waals surface area contributed by atoms with E-state index in [4.69, 9.17) is 4.74 Å². The summed E-state index contributed by atoms with van der Waals surface area (Å²) in [7, 11) is 0. The first kappa shape index (κ1) is 7.44. The molecule has 1 fully saturated rings. The third-order valence-electron chi connectivity index (χ3n) is 2.40. The Bertz CT molecular complexity index is 334. The molecule has 12 heavy (non-hydrogen) atoms. The molecule has 0 aliphatic carbocycles. The summed E-state index contributed by atoms with van der Waals surface area (Å²) in [5.41, 5.74) is 1.31. The van der Waals surface area contributed by atoms with E-state index in [1.54, 1.807) is 11.3 Å². The molecule has 5 heteroatoms. The Morgan fingerprint density at radius 3 is 3.08 bits per heavy atom. The topological polar surface area (TPSA) is 34.1 Å². The van der Waals surface area contributed by atoms with Crippen LogP contribution in [0.5, 0.6) is 0 Å². The molecule has 0 amide bonds. The highest BCUT2D eigenvalue weighted by molar-refractivity contribution is 9.11. The lowest BCUT2D eigenvalue weighted by Gasteiger charge is -2.37. The number of ether oxygens (including phenoxy) is 1. The van der Waals surface area contributed by atoms with Crippen molar-refractivity contribution < 1.29 is 4.74 Å². The summed E-state index contributed by atoms with van der Waals surface area (Å²) >= 11 is 5.12. The molecule has 0 atom stereocenters. The molecule has 1 spiro atoms. The van der Waals surface area contributed by atoms with Crippen LogP contribution in [0.3, 0.4) is 0 Å². The van der Waals surface area contributed by atoms with Crippen LogP contribution in [0.25, 0.3) is 0 Å². The summed E-state index contributed by atoms with van der Waals surface area (Å²) < 4.78 is 6.21. The first-order chi connectivity index (χ1) is 5.80. The summed E-state index contributed by atoms with van der Waals surface area (Å²) in [5.74, 6) is 0. The van der Waals surface area contributed by atoms with Crippen LogP contribution in [0.4, 0.5) is 0 Å². The lowest BCUT2D eigenvalue weighted by atomic mass is 9.98. The van der Waals surface area contributed by atoms with Crippen LogP contribution in [0.15, 0.2) is 3.92 Å². The van der Waals surface area contributed by atoms with Crippen molar-refractivity contribution in [3.63, 3.8) is 0 Å². The average Bonchev–Trinajstić information content (AvgIpc) is 2.41. The first-order valence-corrected chi connectivity index (χ1v) is 5.40. The maximum absolute atomic E-state index is 5.23. The maximum Gasteiger partial charge on any atom is 0.159 e. The molecule has 0 radical (unpaired) electrons. The van der Waals surface area contributed by atoms with Crippen LogP contribution < -0.4 is 5.32 Å². The third-order valence-corrected chi connectivity index (χ3v) is 4.15. The largest absolute Gasteiger partial charge is 0.377 e. The van der Waals surface area contributed by atoms with Crippen LogP contribution in [-0.2, 0) is 16.8 Å². The fourth-order valence-corrected chi connectivity index (χ4v) is 3.33. The third kappa shape index (κ3) is 0.797. The average molecular weight is 247 g/mol.